The van der Waals surface area contributed by atoms with Crippen LogP contribution in [0.5, 0.6) is 0 Å². The molecule has 1 N–H and O–H groups in total. The van der Waals surface area contributed by atoms with E-state index in [1.54, 1.807) is 29.2 Å². The van der Waals surface area contributed by atoms with E-state index in [4.69, 9.17) is 16.6 Å². The number of anilines is 3. The number of aryl methyl sites for hydroxylation is 3. The van der Waals surface area contributed by atoms with Crippen molar-refractivity contribution in [2.75, 3.05) is 43.4 Å². The number of benzene rings is 2. The molecule has 0 saturated carbocycles. The summed E-state index contributed by atoms with van der Waals surface area (Å²) in [7, 11) is 2.16. The number of rotatable bonds is 4. The van der Waals surface area contributed by atoms with Gasteiger partial charge >= 0.3 is 0 Å². The highest BCUT2D eigenvalue weighted by Crippen LogP contribution is 2.31. The van der Waals surface area contributed by atoms with Crippen LogP contribution in [0.25, 0.3) is 22.2 Å². The minimum Gasteiger partial charge on any atom is -0.369 e. The Labute approximate surface area is 225 Å². The largest absolute Gasteiger partial charge is 0.369 e. The van der Waals surface area contributed by atoms with Gasteiger partial charge in [-0.1, -0.05) is 23.7 Å². The van der Waals surface area contributed by atoms with Crippen LogP contribution in [0.1, 0.15) is 16.7 Å². The molecule has 10 heteroatoms. The molecule has 4 heterocycles. The number of nitrogens with one attached hydrogen (secondary N) is 1. The highest BCUT2D eigenvalue weighted by Gasteiger charge is 2.20. The van der Waals surface area contributed by atoms with Gasteiger partial charge in [0.25, 0.3) is 5.56 Å². The maximum Gasteiger partial charge on any atom is 0.281 e. The summed E-state index contributed by atoms with van der Waals surface area (Å²) in [5, 5.41) is 4.18. The summed E-state index contributed by atoms with van der Waals surface area (Å²) in [4.78, 5) is 32.2. The van der Waals surface area contributed by atoms with E-state index in [-0.39, 0.29) is 5.56 Å². The lowest BCUT2D eigenvalue weighted by Crippen LogP contribution is -2.45. The van der Waals surface area contributed by atoms with Gasteiger partial charge < -0.3 is 15.1 Å². The number of imidazole rings is 1. The first-order valence-electron chi connectivity index (χ1n) is 12.6. The SMILES string of the molecule is Cc1cc(Nc2ncc3c(=O)n(-c4c(C)cccc4Cl)n4ccnc4c3n2)cc(C)c1N1CCN(C)CC1. The molecule has 9 nitrogen and oxygen atoms in total. The molecule has 0 unspecified atom stereocenters. The maximum atomic E-state index is 13.7. The number of hydrogen-bond donors (Lipinski definition) is 1. The van der Waals surface area contributed by atoms with Gasteiger partial charge in [0, 0.05) is 56.1 Å². The van der Waals surface area contributed by atoms with Crippen molar-refractivity contribution in [3.8, 4) is 5.69 Å². The summed E-state index contributed by atoms with van der Waals surface area (Å²) in [6.45, 7) is 10.4. The fourth-order valence-corrected chi connectivity index (χ4v) is 5.70. The molecule has 1 aliphatic heterocycles. The van der Waals surface area contributed by atoms with Crippen molar-refractivity contribution in [2.24, 2.45) is 0 Å². The van der Waals surface area contributed by atoms with Gasteiger partial charge in [0.2, 0.25) is 5.95 Å². The molecule has 6 rings (SSSR count). The molecule has 0 atom stereocenters. The molecule has 1 aliphatic rings. The van der Waals surface area contributed by atoms with Crippen LogP contribution >= 0.6 is 11.6 Å². The number of hydrogen-bond acceptors (Lipinski definition) is 7. The van der Waals surface area contributed by atoms with Crippen LogP contribution in [0.2, 0.25) is 5.02 Å². The van der Waals surface area contributed by atoms with E-state index in [9.17, 15) is 4.79 Å². The molecule has 3 aromatic heterocycles. The minimum absolute atomic E-state index is 0.267. The molecular formula is C28H29ClN8O. The number of nitrogens with zero attached hydrogens (tertiary/aromatic N) is 7. The Morgan fingerprint density at radius 1 is 0.947 bits per heavy atom. The Hall–Kier alpha value is -3.95. The quantitative estimate of drug-likeness (QED) is 0.367. The molecular weight excluding hydrogens is 500 g/mol. The van der Waals surface area contributed by atoms with Gasteiger partial charge in [0.15, 0.2) is 5.65 Å². The zero-order valence-corrected chi connectivity index (χ0v) is 22.6. The molecule has 5 aromatic rings. The van der Waals surface area contributed by atoms with Gasteiger partial charge in [-0.3, -0.25) is 4.79 Å². The fraction of sp³-hybridized carbons (Fsp3) is 0.286. The van der Waals surface area contributed by atoms with E-state index in [2.05, 4.69) is 58.1 Å². The average Bonchev–Trinajstić information content (AvgIpc) is 3.36. The molecule has 0 amide bonds. The summed E-state index contributed by atoms with van der Waals surface area (Å²) in [6.07, 6.45) is 4.94. The minimum atomic E-state index is -0.267. The molecule has 194 valence electrons. The second-order valence-electron chi connectivity index (χ2n) is 9.95. The van der Waals surface area contributed by atoms with Crippen molar-refractivity contribution in [3.05, 3.63) is 81.0 Å². The highest BCUT2D eigenvalue weighted by molar-refractivity contribution is 6.32. The summed E-state index contributed by atoms with van der Waals surface area (Å²) in [6, 6.07) is 9.80. The van der Waals surface area contributed by atoms with Gasteiger partial charge in [0.1, 0.15) is 5.52 Å². The molecule has 1 fully saturated rings. The van der Waals surface area contributed by atoms with Crippen LogP contribution in [-0.4, -0.2) is 62.3 Å². The normalized spacial score (nSPS) is 14.5. The van der Waals surface area contributed by atoms with Gasteiger partial charge in [-0.2, -0.15) is 0 Å². The van der Waals surface area contributed by atoms with E-state index in [1.165, 1.54) is 21.5 Å². The monoisotopic (exact) mass is 528 g/mol. The van der Waals surface area contributed by atoms with Crippen molar-refractivity contribution in [1.82, 2.24) is 29.0 Å². The summed E-state index contributed by atoms with van der Waals surface area (Å²) < 4.78 is 3.22. The van der Waals surface area contributed by atoms with Gasteiger partial charge in [-0.15, -0.1) is 0 Å². The predicted molar refractivity (Wildman–Crippen MR) is 153 cm³/mol. The number of halogens is 1. The van der Waals surface area contributed by atoms with Gasteiger partial charge in [-0.25, -0.2) is 24.1 Å². The third-order valence-corrected chi connectivity index (χ3v) is 7.53. The van der Waals surface area contributed by atoms with Crippen LogP contribution in [0.3, 0.4) is 0 Å². The topological polar surface area (TPSA) is 83.6 Å². The predicted octanol–water partition coefficient (Wildman–Crippen LogP) is 4.50. The first-order valence-corrected chi connectivity index (χ1v) is 13.0. The van der Waals surface area contributed by atoms with E-state index in [1.807, 2.05) is 19.1 Å². The van der Waals surface area contributed by atoms with E-state index >= 15 is 0 Å². The summed E-state index contributed by atoms with van der Waals surface area (Å²) >= 11 is 6.52. The smallest absolute Gasteiger partial charge is 0.281 e. The van der Waals surface area contributed by atoms with Gasteiger partial charge in [-0.05, 0) is 62.7 Å². The molecule has 2 aromatic carbocycles. The molecule has 0 aliphatic carbocycles. The number of fused-ring (bicyclic) bond motifs is 3. The third kappa shape index (κ3) is 4.08. The Kier molecular flexibility index (Phi) is 6.04. The Bertz CT molecular complexity index is 1710. The fourth-order valence-electron chi connectivity index (χ4n) is 5.40. The van der Waals surface area contributed by atoms with E-state index < -0.39 is 0 Å². The first kappa shape index (κ1) is 24.4. The van der Waals surface area contributed by atoms with Crippen LogP contribution in [0, 0.1) is 20.8 Å². The number of aromatic nitrogens is 5. The lowest BCUT2D eigenvalue weighted by molar-refractivity contribution is 0.312. The van der Waals surface area contributed by atoms with Crippen LogP contribution in [0.4, 0.5) is 17.3 Å². The lowest BCUT2D eigenvalue weighted by atomic mass is 10.1. The zero-order chi connectivity index (χ0) is 26.6. The Morgan fingerprint density at radius 3 is 2.39 bits per heavy atom. The average molecular weight is 529 g/mol. The number of likely N-dealkylation sites (N-methyl/N-ethyl adjacent to an activating group) is 1. The van der Waals surface area contributed by atoms with Crippen molar-refractivity contribution in [1.29, 1.82) is 0 Å². The van der Waals surface area contributed by atoms with Crippen LogP contribution in [-0.2, 0) is 0 Å². The summed E-state index contributed by atoms with van der Waals surface area (Å²) in [5.74, 6) is 0.402. The van der Waals surface area contributed by atoms with Crippen molar-refractivity contribution >= 4 is 45.5 Å². The Morgan fingerprint density at radius 2 is 1.68 bits per heavy atom. The van der Waals surface area contributed by atoms with Crippen molar-refractivity contribution in [3.63, 3.8) is 0 Å². The van der Waals surface area contributed by atoms with E-state index in [0.29, 0.717) is 33.2 Å². The van der Waals surface area contributed by atoms with Crippen molar-refractivity contribution in [2.45, 2.75) is 20.8 Å². The second-order valence-corrected chi connectivity index (χ2v) is 10.4. The molecule has 0 bridgehead atoms. The van der Waals surface area contributed by atoms with Crippen LogP contribution in [0.15, 0.2) is 53.7 Å². The molecule has 1 saturated heterocycles. The van der Waals surface area contributed by atoms with Gasteiger partial charge in [0.05, 0.1) is 16.1 Å². The lowest BCUT2D eigenvalue weighted by Gasteiger charge is -2.36. The van der Waals surface area contributed by atoms with E-state index in [0.717, 1.165) is 37.4 Å². The third-order valence-electron chi connectivity index (χ3n) is 7.23. The second kappa shape index (κ2) is 9.41. The number of piperazine rings is 1. The molecule has 0 radical (unpaired) electrons. The summed E-state index contributed by atoms with van der Waals surface area (Å²) in [5.41, 5.74) is 6.82. The maximum absolute atomic E-state index is 13.7. The molecule has 0 spiro atoms. The highest BCUT2D eigenvalue weighted by atomic mass is 35.5. The standard InChI is InChI=1S/C28H29ClN8O/c1-17-6-5-7-22(29)25(17)37-27(38)21-16-31-28(33-23(21)26-30-8-9-36(26)37)32-20-14-18(2)24(19(3)15-20)35-12-10-34(4)11-13-35/h5-9,14-16H,10-13H2,1-4H3,(H,31,32,33). The molecule has 38 heavy (non-hydrogen) atoms. The first-order chi connectivity index (χ1) is 18.3. The zero-order valence-electron chi connectivity index (χ0n) is 21.9. The Balaban J connectivity index is 1.40. The van der Waals surface area contributed by atoms with Crippen LogP contribution < -0.4 is 15.8 Å². The number of para-hydroxylation sites is 1. The van der Waals surface area contributed by atoms with Crippen molar-refractivity contribution < 1.29 is 0 Å².